The van der Waals surface area contributed by atoms with Gasteiger partial charge in [0.05, 0.1) is 23.0 Å². The number of hydrogen-bond acceptors (Lipinski definition) is 5. The van der Waals surface area contributed by atoms with Crippen LogP contribution in [0, 0.1) is 3.57 Å². The molecular formula is C14H12IN3O4S2. The van der Waals surface area contributed by atoms with E-state index in [1.165, 1.54) is 24.5 Å². The summed E-state index contributed by atoms with van der Waals surface area (Å²) in [7, 11) is -7.22. The van der Waals surface area contributed by atoms with E-state index >= 15 is 0 Å². The van der Waals surface area contributed by atoms with Crippen LogP contribution in [-0.4, -0.2) is 32.0 Å². The second-order valence-electron chi connectivity index (χ2n) is 5.06. The van der Waals surface area contributed by atoms with Crippen LogP contribution >= 0.6 is 22.6 Å². The maximum atomic E-state index is 12.8. The molecular weight excluding hydrogens is 465 g/mol. The maximum Gasteiger partial charge on any atom is 0.269 e. The van der Waals surface area contributed by atoms with Crippen molar-refractivity contribution in [1.29, 1.82) is 0 Å². The van der Waals surface area contributed by atoms with Crippen LogP contribution in [0.1, 0.15) is 0 Å². The standard InChI is InChI=1S/C14H12IN3O4S2/c1-23(19,20)17-10-7-12-13(15)9-18(14(12)16-8-10)24(21,22)11-5-3-2-4-6-11/h2-9,17H,1H3. The molecule has 0 spiro atoms. The molecule has 0 saturated heterocycles. The number of fused-ring (bicyclic) bond motifs is 1. The number of benzene rings is 1. The number of hydrogen-bond donors (Lipinski definition) is 1. The van der Waals surface area contributed by atoms with Crippen LogP contribution in [0.25, 0.3) is 11.0 Å². The second-order valence-corrected chi connectivity index (χ2v) is 9.79. The van der Waals surface area contributed by atoms with Crippen molar-refractivity contribution in [1.82, 2.24) is 8.96 Å². The van der Waals surface area contributed by atoms with Gasteiger partial charge in [-0.3, -0.25) is 4.72 Å². The zero-order valence-corrected chi connectivity index (χ0v) is 16.1. The number of nitrogens with zero attached hydrogens (tertiary/aromatic N) is 2. The van der Waals surface area contributed by atoms with Crippen molar-refractivity contribution in [2.45, 2.75) is 4.90 Å². The van der Waals surface area contributed by atoms with Crippen molar-refractivity contribution < 1.29 is 16.8 Å². The third-order valence-electron chi connectivity index (χ3n) is 3.17. The minimum Gasteiger partial charge on any atom is -0.282 e. The first-order valence-corrected chi connectivity index (χ1v) is 11.0. The highest BCUT2D eigenvalue weighted by Crippen LogP contribution is 2.27. The molecule has 2 heterocycles. The summed E-state index contributed by atoms with van der Waals surface area (Å²) >= 11 is 1.99. The lowest BCUT2D eigenvalue weighted by atomic mass is 10.3. The molecule has 0 aliphatic heterocycles. The van der Waals surface area contributed by atoms with Crippen LogP contribution < -0.4 is 4.72 Å². The molecule has 2 aromatic heterocycles. The van der Waals surface area contributed by atoms with Gasteiger partial charge in [0.15, 0.2) is 5.65 Å². The highest BCUT2D eigenvalue weighted by molar-refractivity contribution is 14.1. The predicted octanol–water partition coefficient (Wildman–Crippen LogP) is 2.25. The Morgan fingerprint density at radius 1 is 1.12 bits per heavy atom. The quantitative estimate of drug-likeness (QED) is 0.582. The van der Waals surface area contributed by atoms with Crippen molar-refractivity contribution in [3.05, 3.63) is 52.4 Å². The van der Waals surface area contributed by atoms with Gasteiger partial charge in [0.1, 0.15) is 0 Å². The Bertz CT molecular complexity index is 1120. The van der Waals surface area contributed by atoms with E-state index in [2.05, 4.69) is 9.71 Å². The lowest BCUT2D eigenvalue weighted by molar-refractivity contribution is 0.588. The zero-order valence-electron chi connectivity index (χ0n) is 12.3. The summed E-state index contributed by atoms with van der Waals surface area (Å²) in [6.07, 6.45) is 3.79. The van der Waals surface area contributed by atoms with Crippen LogP contribution in [0.3, 0.4) is 0 Å². The van der Waals surface area contributed by atoms with Crippen LogP contribution in [0.15, 0.2) is 53.7 Å². The molecule has 0 fully saturated rings. The van der Waals surface area contributed by atoms with Gasteiger partial charge in [-0.1, -0.05) is 18.2 Å². The molecule has 1 N–H and O–H groups in total. The van der Waals surface area contributed by atoms with Gasteiger partial charge in [-0.15, -0.1) is 0 Å². The predicted molar refractivity (Wildman–Crippen MR) is 99.9 cm³/mol. The zero-order chi connectivity index (χ0) is 17.5. The van der Waals surface area contributed by atoms with Gasteiger partial charge in [0, 0.05) is 15.2 Å². The van der Waals surface area contributed by atoms with E-state index in [1.807, 2.05) is 22.6 Å². The van der Waals surface area contributed by atoms with Gasteiger partial charge in [-0.05, 0) is 40.8 Å². The topological polar surface area (TPSA) is 98.1 Å². The summed E-state index contributed by atoms with van der Waals surface area (Å²) < 4.78 is 52.3. The molecule has 0 atom stereocenters. The third-order valence-corrected chi connectivity index (χ3v) is 6.30. The van der Waals surface area contributed by atoms with Crippen LogP contribution in [-0.2, 0) is 20.0 Å². The van der Waals surface area contributed by atoms with Crippen molar-refractivity contribution in [3.63, 3.8) is 0 Å². The van der Waals surface area contributed by atoms with Crippen molar-refractivity contribution in [2.24, 2.45) is 0 Å². The molecule has 0 amide bonds. The third kappa shape index (κ3) is 3.26. The average molecular weight is 477 g/mol. The minimum absolute atomic E-state index is 0.151. The molecule has 10 heteroatoms. The Labute approximate surface area is 153 Å². The Balaban J connectivity index is 2.18. The van der Waals surface area contributed by atoms with Crippen molar-refractivity contribution >= 4 is 59.4 Å². The number of pyridine rings is 1. The molecule has 3 aromatic rings. The molecule has 1 aromatic carbocycles. The lowest BCUT2D eigenvalue weighted by Gasteiger charge is -2.07. The Kier molecular flexibility index (Phi) is 4.30. The summed E-state index contributed by atoms with van der Waals surface area (Å²) in [6.45, 7) is 0. The molecule has 0 saturated carbocycles. The fourth-order valence-corrected chi connectivity index (χ4v) is 4.95. The monoisotopic (exact) mass is 477 g/mol. The second kappa shape index (κ2) is 6.01. The highest BCUT2D eigenvalue weighted by Gasteiger charge is 2.21. The normalized spacial score (nSPS) is 12.4. The van der Waals surface area contributed by atoms with Gasteiger partial charge >= 0.3 is 0 Å². The summed E-state index contributed by atoms with van der Waals surface area (Å²) in [4.78, 5) is 4.28. The molecule has 0 aliphatic carbocycles. The molecule has 0 radical (unpaired) electrons. The molecule has 0 bridgehead atoms. The van der Waals surface area contributed by atoms with Gasteiger partial charge in [-0.2, -0.15) is 0 Å². The van der Waals surface area contributed by atoms with Gasteiger partial charge in [0.25, 0.3) is 10.0 Å². The van der Waals surface area contributed by atoms with E-state index in [0.717, 1.165) is 10.2 Å². The summed E-state index contributed by atoms with van der Waals surface area (Å²) in [6, 6.07) is 9.59. The van der Waals surface area contributed by atoms with Crippen molar-refractivity contribution in [2.75, 3.05) is 11.0 Å². The van der Waals surface area contributed by atoms with Crippen LogP contribution in [0.4, 0.5) is 5.69 Å². The number of anilines is 1. The van der Waals surface area contributed by atoms with E-state index in [1.54, 1.807) is 24.3 Å². The summed E-state index contributed by atoms with van der Waals surface area (Å²) in [5.41, 5.74) is 0.514. The molecule has 0 unspecified atom stereocenters. The summed E-state index contributed by atoms with van der Waals surface area (Å²) in [5.74, 6) is 0. The first-order chi connectivity index (χ1) is 11.2. The van der Waals surface area contributed by atoms with Crippen molar-refractivity contribution in [3.8, 4) is 0 Å². The smallest absolute Gasteiger partial charge is 0.269 e. The highest BCUT2D eigenvalue weighted by atomic mass is 127. The molecule has 126 valence electrons. The Hall–Kier alpha value is -1.66. The van der Waals surface area contributed by atoms with E-state index in [0.29, 0.717) is 8.96 Å². The van der Waals surface area contributed by atoms with Crippen LogP contribution in [0.5, 0.6) is 0 Å². The number of sulfonamides is 1. The van der Waals surface area contributed by atoms with Gasteiger partial charge < -0.3 is 0 Å². The first-order valence-electron chi connectivity index (χ1n) is 6.63. The fourth-order valence-electron chi connectivity index (χ4n) is 2.20. The lowest BCUT2D eigenvalue weighted by Crippen LogP contribution is -2.13. The van der Waals surface area contributed by atoms with Gasteiger partial charge in [-0.25, -0.2) is 25.8 Å². The number of nitrogens with one attached hydrogen (secondary N) is 1. The van der Waals surface area contributed by atoms with Gasteiger partial charge in [0.2, 0.25) is 10.0 Å². The summed E-state index contributed by atoms with van der Waals surface area (Å²) in [5, 5.41) is 0.545. The maximum absolute atomic E-state index is 12.8. The molecule has 24 heavy (non-hydrogen) atoms. The number of halogens is 1. The molecule has 7 nitrogen and oxygen atoms in total. The average Bonchev–Trinajstić information content (AvgIpc) is 2.84. The van der Waals surface area contributed by atoms with E-state index in [9.17, 15) is 16.8 Å². The van der Waals surface area contributed by atoms with E-state index in [-0.39, 0.29) is 16.2 Å². The SMILES string of the molecule is CS(=O)(=O)Nc1cnc2c(c1)c(I)cn2S(=O)(=O)c1ccccc1. The van der Waals surface area contributed by atoms with E-state index < -0.39 is 20.0 Å². The Morgan fingerprint density at radius 3 is 2.42 bits per heavy atom. The minimum atomic E-state index is -3.78. The Morgan fingerprint density at radius 2 is 1.79 bits per heavy atom. The first kappa shape index (κ1) is 17.2. The molecule has 0 aliphatic rings. The molecule has 3 rings (SSSR count). The number of rotatable bonds is 4. The fraction of sp³-hybridized carbons (Fsp3) is 0.0714. The van der Waals surface area contributed by atoms with Crippen LogP contribution in [0.2, 0.25) is 0 Å². The number of aromatic nitrogens is 2. The largest absolute Gasteiger partial charge is 0.282 e. The van der Waals surface area contributed by atoms with E-state index in [4.69, 9.17) is 0 Å².